The Morgan fingerprint density at radius 1 is 1.00 bits per heavy atom. The highest BCUT2D eigenvalue weighted by molar-refractivity contribution is 5.66. The van der Waals surface area contributed by atoms with Crippen LogP contribution in [0.4, 0.5) is 0 Å². The molecule has 0 heterocycles. The van der Waals surface area contributed by atoms with Crippen LogP contribution in [0.25, 0.3) is 0 Å². The zero-order valence-corrected chi connectivity index (χ0v) is 17.3. The monoisotopic (exact) mass is 416 g/mol. The number of allylic oxidation sites excluding steroid dienone is 6. The molecule has 0 bridgehead atoms. The van der Waals surface area contributed by atoms with Gasteiger partial charge in [0.05, 0.1) is 24.9 Å². The molecule has 0 aliphatic carbocycles. The summed E-state index contributed by atoms with van der Waals surface area (Å²) in [6.07, 6.45) is 11.9. The summed E-state index contributed by atoms with van der Waals surface area (Å²) in [6, 6.07) is 7.76. The molecule has 0 aliphatic rings. The predicted octanol–water partition coefficient (Wildman–Crippen LogP) is 3.33. The van der Waals surface area contributed by atoms with Gasteiger partial charge in [0.1, 0.15) is 5.75 Å². The third kappa shape index (κ3) is 12.7. The molecule has 1 aromatic carbocycles. The van der Waals surface area contributed by atoms with Gasteiger partial charge in [0.2, 0.25) is 0 Å². The second-order valence-corrected chi connectivity index (χ2v) is 6.90. The molecule has 0 fully saturated rings. The van der Waals surface area contributed by atoms with Gasteiger partial charge in [-0.05, 0) is 37.5 Å². The van der Waals surface area contributed by atoms with Gasteiger partial charge in [-0.1, -0.05) is 60.7 Å². The first kappa shape index (κ1) is 25.4. The minimum Gasteiger partial charge on any atom is -0.493 e. The normalized spacial score (nSPS) is 15.3. The van der Waals surface area contributed by atoms with E-state index in [4.69, 9.17) is 9.84 Å². The lowest BCUT2D eigenvalue weighted by atomic mass is 10.1. The Morgan fingerprint density at radius 3 is 2.33 bits per heavy atom. The fourth-order valence-corrected chi connectivity index (χ4v) is 2.49. The van der Waals surface area contributed by atoms with Gasteiger partial charge in [0, 0.05) is 12.8 Å². The van der Waals surface area contributed by atoms with Crippen LogP contribution in [-0.2, 0) is 4.79 Å². The maximum atomic E-state index is 10.4. The Bertz CT molecular complexity index is 735. The molecule has 0 spiro atoms. The Balaban J connectivity index is 2.21. The molecular weight excluding hydrogens is 384 g/mol. The molecule has 3 atom stereocenters. The van der Waals surface area contributed by atoms with Crippen LogP contribution in [0.5, 0.6) is 5.75 Å². The second kappa shape index (κ2) is 15.2. The standard InChI is InChI=1S/C24H32O6/c1-19-10-8-12-21(18-19)30-17-16-20(25)11-6-4-2-3-5-7-13-22(26)23(27)14-9-15-24(28)29/h2-8,10-13,18,20,22-23,25-27H,9,14-17H2,1H3,(H,28,29)/b4-2-,5-3+,11-6+,13-7+/t20-,22?,23?/m1/s1. The molecule has 0 saturated carbocycles. The van der Waals surface area contributed by atoms with Gasteiger partial charge in [-0.2, -0.15) is 0 Å². The van der Waals surface area contributed by atoms with Crippen molar-refractivity contribution in [1.82, 2.24) is 0 Å². The molecule has 2 unspecified atom stereocenters. The summed E-state index contributed by atoms with van der Waals surface area (Å²) in [7, 11) is 0. The lowest BCUT2D eigenvalue weighted by Crippen LogP contribution is -2.23. The van der Waals surface area contributed by atoms with E-state index in [1.54, 1.807) is 42.5 Å². The number of hydrogen-bond donors (Lipinski definition) is 4. The molecule has 0 aliphatic heterocycles. The summed E-state index contributed by atoms with van der Waals surface area (Å²) in [5.74, 6) is -0.124. The molecule has 30 heavy (non-hydrogen) atoms. The zero-order chi connectivity index (χ0) is 22.2. The van der Waals surface area contributed by atoms with Crippen LogP contribution >= 0.6 is 0 Å². The Labute approximate surface area is 178 Å². The lowest BCUT2D eigenvalue weighted by Gasteiger charge is -2.13. The number of carbonyl (C=O) groups is 1. The van der Waals surface area contributed by atoms with Gasteiger partial charge < -0.3 is 25.2 Å². The molecule has 0 saturated heterocycles. The van der Waals surface area contributed by atoms with Crippen LogP contribution in [0.15, 0.2) is 72.9 Å². The summed E-state index contributed by atoms with van der Waals surface area (Å²) < 4.78 is 5.60. The Kier molecular flexibility index (Phi) is 12.9. The summed E-state index contributed by atoms with van der Waals surface area (Å²) in [5.41, 5.74) is 1.13. The lowest BCUT2D eigenvalue weighted by molar-refractivity contribution is -0.137. The van der Waals surface area contributed by atoms with Crippen molar-refractivity contribution in [3.63, 3.8) is 0 Å². The van der Waals surface area contributed by atoms with Crippen molar-refractivity contribution in [2.75, 3.05) is 6.61 Å². The topological polar surface area (TPSA) is 107 Å². The van der Waals surface area contributed by atoms with E-state index in [2.05, 4.69) is 0 Å². The van der Waals surface area contributed by atoms with E-state index in [9.17, 15) is 20.1 Å². The van der Waals surface area contributed by atoms with Crippen molar-refractivity contribution in [2.45, 2.75) is 50.9 Å². The predicted molar refractivity (Wildman–Crippen MR) is 117 cm³/mol. The first-order chi connectivity index (χ1) is 14.4. The number of aliphatic hydroxyl groups excluding tert-OH is 3. The molecule has 1 aromatic rings. The quantitative estimate of drug-likeness (QED) is 0.347. The van der Waals surface area contributed by atoms with Crippen LogP contribution in [-0.4, -0.2) is 51.3 Å². The molecule has 1 rings (SSSR count). The van der Waals surface area contributed by atoms with Crippen LogP contribution in [0.1, 0.15) is 31.2 Å². The number of aryl methyl sites for hydroxylation is 1. The van der Waals surface area contributed by atoms with Crippen molar-refractivity contribution >= 4 is 5.97 Å². The summed E-state index contributed by atoms with van der Waals surface area (Å²) in [4.78, 5) is 10.4. The highest BCUT2D eigenvalue weighted by Crippen LogP contribution is 2.13. The molecule has 6 heteroatoms. The average Bonchev–Trinajstić information content (AvgIpc) is 2.69. The summed E-state index contributed by atoms with van der Waals surface area (Å²) >= 11 is 0. The van der Waals surface area contributed by atoms with Crippen LogP contribution in [0.2, 0.25) is 0 Å². The van der Waals surface area contributed by atoms with Crippen LogP contribution in [0, 0.1) is 6.92 Å². The van der Waals surface area contributed by atoms with Crippen molar-refractivity contribution < 1.29 is 30.0 Å². The van der Waals surface area contributed by atoms with E-state index in [1.807, 2.05) is 31.2 Å². The smallest absolute Gasteiger partial charge is 0.303 e. The van der Waals surface area contributed by atoms with E-state index < -0.39 is 24.3 Å². The minimum absolute atomic E-state index is 0.0276. The van der Waals surface area contributed by atoms with Gasteiger partial charge >= 0.3 is 5.97 Å². The van der Waals surface area contributed by atoms with Gasteiger partial charge in [0.25, 0.3) is 0 Å². The van der Waals surface area contributed by atoms with Crippen molar-refractivity contribution in [3.8, 4) is 5.75 Å². The summed E-state index contributed by atoms with van der Waals surface area (Å²) in [6.45, 7) is 2.42. The number of aliphatic hydroxyl groups is 3. The number of hydrogen-bond acceptors (Lipinski definition) is 5. The van der Waals surface area contributed by atoms with E-state index in [0.29, 0.717) is 19.4 Å². The first-order valence-electron chi connectivity index (χ1n) is 10.0. The van der Waals surface area contributed by atoms with Gasteiger partial charge in [0.15, 0.2) is 0 Å². The number of carboxylic acid groups (broad SMARTS) is 1. The third-order valence-corrected chi connectivity index (χ3v) is 4.15. The molecular formula is C24H32O6. The van der Waals surface area contributed by atoms with Crippen LogP contribution < -0.4 is 4.74 Å². The van der Waals surface area contributed by atoms with E-state index in [0.717, 1.165) is 11.3 Å². The number of rotatable bonds is 14. The number of carboxylic acids is 1. The number of ether oxygens (including phenoxy) is 1. The molecule has 0 amide bonds. The van der Waals surface area contributed by atoms with E-state index in [-0.39, 0.29) is 12.8 Å². The highest BCUT2D eigenvalue weighted by Gasteiger charge is 2.12. The molecule has 0 radical (unpaired) electrons. The number of aliphatic carboxylic acids is 1. The Hall–Kier alpha value is -2.67. The largest absolute Gasteiger partial charge is 0.493 e. The van der Waals surface area contributed by atoms with Crippen molar-refractivity contribution in [3.05, 3.63) is 78.4 Å². The van der Waals surface area contributed by atoms with Gasteiger partial charge in [-0.15, -0.1) is 0 Å². The highest BCUT2D eigenvalue weighted by atomic mass is 16.5. The summed E-state index contributed by atoms with van der Waals surface area (Å²) in [5, 5.41) is 37.9. The maximum Gasteiger partial charge on any atom is 0.303 e. The fourth-order valence-electron chi connectivity index (χ4n) is 2.49. The van der Waals surface area contributed by atoms with Gasteiger partial charge in [-0.25, -0.2) is 0 Å². The fraction of sp³-hybridized carbons (Fsp3) is 0.375. The maximum absolute atomic E-state index is 10.4. The van der Waals surface area contributed by atoms with E-state index in [1.165, 1.54) is 6.08 Å². The number of benzene rings is 1. The van der Waals surface area contributed by atoms with E-state index >= 15 is 0 Å². The van der Waals surface area contributed by atoms with Crippen molar-refractivity contribution in [2.24, 2.45) is 0 Å². The Morgan fingerprint density at radius 2 is 1.67 bits per heavy atom. The second-order valence-electron chi connectivity index (χ2n) is 6.90. The molecule has 4 N–H and O–H groups in total. The third-order valence-electron chi connectivity index (χ3n) is 4.15. The van der Waals surface area contributed by atoms with Gasteiger partial charge in [-0.3, -0.25) is 4.79 Å². The molecule has 0 aromatic heterocycles. The zero-order valence-electron chi connectivity index (χ0n) is 17.3. The van der Waals surface area contributed by atoms with Crippen LogP contribution in [0.3, 0.4) is 0 Å². The first-order valence-corrected chi connectivity index (χ1v) is 10.0. The average molecular weight is 417 g/mol. The van der Waals surface area contributed by atoms with Crippen molar-refractivity contribution in [1.29, 1.82) is 0 Å². The SMILES string of the molecule is Cc1cccc(OCC[C@H](O)/C=C/C=C\C=C\C=C\C(O)C(O)CCCC(=O)O)c1. The minimum atomic E-state index is -1.04. The molecule has 164 valence electrons. The molecule has 6 nitrogen and oxygen atoms in total.